The van der Waals surface area contributed by atoms with Gasteiger partial charge in [-0.1, -0.05) is 23.7 Å². The van der Waals surface area contributed by atoms with Crippen LogP contribution in [-0.4, -0.2) is 42.2 Å². The molecule has 5 nitrogen and oxygen atoms in total. The molecule has 0 spiro atoms. The zero-order valence-corrected chi connectivity index (χ0v) is 16.6. The molecule has 1 aliphatic heterocycles. The lowest BCUT2D eigenvalue weighted by atomic mass is 10.2. The van der Waals surface area contributed by atoms with Gasteiger partial charge in [-0.15, -0.1) is 11.8 Å². The van der Waals surface area contributed by atoms with Gasteiger partial charge in [0.25, 0.3) is 0 Å². The third-order valence-electron chi connectivity index (χ3n) is 4.21. The number of para-hydroxylation sites is 1. The molecule has 142 valence electrons. The van der Waals surface area contributed by atoms with Crippen LogP contribution < -0.4 is 10.1 Å². The van der Waals surface area contributed by atoms with Crippen LogP contribution in [0.5, 0.6) is 5.75 Å². The van der Waals surface area contributed by atoms with Crippen LogP contribution in [0, 0.1) is 0 Å². The zero-order chi connectivity index (χ0) is 19.2. The first-order valence-corrected chi connectivity index (χ1v) is 9.97. The molecule has 27 heavy (non-hydrogen) atoms. The lowest BCUT2D eigenvalue weighted by Gasteiger charge is -2.25. The van der Waals surface area contributed by atoms with Crippen molar-refractivity contribution in [3.63, 3.8) is 0 Å². The lowest BCUT2D eigenvalue weighted by molar-refractivity contribution is -0.131. The van der Waals surface area contributed by atoms with Crippen molar-refractivity contribution in [3.05, 3.63) is 53.6 Å². The van der Waals surface area contributed by atoms with Crippen molar-refractivity contribution < 1.29 is 14.3 Å². The zero-order valence-electron chi connectivity index (χ0n) is 15.0. The molecule has 3 rings (SSSR count). The van der Waals surface area contributed by atoms with E-state index in [-0.39, 0.29) is 18.2 Å². The van der Waals surface area contributed by atoms with Crippen LogP contribution >= 0.6 is 23.4 Å². The minimum atomic E-state index is -0.403. The average molecular weight is 405 g/mol. The molecule has 1 unspecified atom stereocenters. The maximum absolute atomic E-state index is 12.4. The van der Waals surface area contributed by atoms with Crippen LogP contribution in [0.1, 0.15) is 12.8 Å². The van der Waals surface area contributed by atoms with E-state index in [1.807, 2.05) is 36.4 Å². The van der Waals surface area contributed by atoms with Crippen LogP contribution in [0.3, 0.4) is 0 Å². The molecule has 0 saturated heterocycles. The number of fused-ring (bicyclic) bond motifs is 1. The number of benzene rings is 2. The van der Waals surface area contributed by atoms with Crippen molar-refractivity contribution in [3.8, 4) is 5.75 Å². The number of rotatable bonds is 7. The van der Waals surface area contributed by atoms with E-state index in [1.54, 1.807) is 24.1 Å². The van der Waals surface area contributed by atoms with E-state index in [9.17, 15) is 9.59 Å². The van der Waals surface area contributed by atoms with Crippen LogP contribution in [-0.2, 0) is 9.59 Å². The number of amides is 2. The van der Waals surface area contributed by atoms with E-state index in [0.717, 1.165) is 16.3 Å². The summed E-state index contributed by atoms with van der Waals surface area (Å²) >= 11 is 7.28. The molecule has 0 bridgehead atoms. The summed E-state index contributed by atoms with van der Waals surface area (Å²) < 4.78 is 5.63. The molecule has 1 atom stereocenters. The largest absolute Gasteiger partial charge is 0.494 e. The van der Waals surface area contributed by atoms with E-state index >= 15 is 0 Å². The van der Waals surface area contributed by atoms with E-state index in [2.05, 4.69) is 5.32 Å². The van der Waals surface area contributed by atoms with Gasteiger partial charge in [0.1, 0.15) is 5.75 Å². The highest BCUT2D eigenvalue weighted by molar-refractivity contribution is 8.01. The van der Waals surface area contributed by atoms with Crippen LogP contribution in [0.15, 0.2) is 53.4 Å². The van der Waals surface area contributed by atoms with Crippen molar-refractivity contribution in [1.29, 1.82) is 0 Å². The highest BCUT2D eigenvalue weighted by Crippen LogP contribution is 2.36. The fraction of sp³-hybridized carbons (Fsp3) is 0.300. The van der Waals surface area contributed by atoms with Gasteiger partial charge in [0.15, 0.2) is 0 Å². The molecular formula is C20H21ClN2O3S. The number of thioether (sulfide) groups is 1. The third-order valence-corrected chi connectivity index (χ3v) is 5.74. The molecule has 0 fully saturated rings. The van der Waals surface area contributed by atoms with Gasteiger partial charge in [-0.3, -0.25) is 9.59 Å². The first kappa shape index (κ1) is 19.6. The lowest BCUT2D eigenvalue weighted by Crippen LogP contribution is -2.36. The summed E-state index contributed by atoms with van der Waals surface area (Å²) in [6.45, 7) is 1.08. The minimum absolute atomic E-state index is 0.0477. The molecule has 1 heterocycles. The predicted molar refractivity (Wildman–Crippen MR) is 109 cm³/mol. The van der Waals surface area contributed by atoms with Crippen molar-refractivity contribution >= 4 is 40.9 Å². The van der Waals surface area contributed by atoms with E-state index in [1.165, 1.54) is 11.8 Å². The predicted octanol–water partition coefficient (Wildman–Crippen LogP) is 4.07. The molecule has 2 aromatic rings. The normalized spacial score (nSPS) is 15.6. The average Bonchev–Trinajstić information content (AvgIpc) is 2.67. The summed E-state index contributed by atoms with van der Waals surface area (Å²) in [6, 6.07) is 14.8. The second kappa shape index (κ2) is 9.15. The second-order valence-electron chi connectivity index (χ2n) is 6.27. The maximum Gasteiger partial charge on any atom is 0.238 e. The SMILES string of the molecule is CN(CCCOc1ccc(Cl)cc1)C(=O)CC1Sc2ccccc2NC1=O. The van der Waals surface area contributed by atoms with Crippen molar-refractivity contribution in [1.82, 2.24) is 4.90 Å². The summed E-state index contributed by atoms with van der Waals surface area (Å²) in [7, 11) is 1.75. The van der Waals surface area contributed by atoms with Gasteiger partial charge in [0.05, 0.1) is 17.5 Å². The Bertz CT molecular complexity index is 813. The Labute approximate surface area is 168 Å². The fourth-order valence-corrected chi connectivity index (χ4v) is 3.92. The summed E-state index contributed by atoms with van der Waals surface area (Å²) in [6.07, 6.45) is 0.886. The topological polar surface area (TPSA) is 58.6 Å². The van der Waals surface area contributed by atoms with E-state index in [4.69, 9.17) is 16.3 Å². The number of nitrogens with one attached hydrogen (secondary N) is 1. The van der Waals surface area contributed by atoms with Crippen molar-refractivity contribution in [2.24, 2.45) is 0 Å². The number of nitrogens with zero attached hydrogens (tertiary/aromatic N) is 1. The van der Waals surface area contributed by atoms with Crippen molar-refractivity contribution in [2.75, 3.05) is 25.5 Å². The van der Waals surface area contributed by atoms with E-state index in [0.29, 0.717) is 24.6 Å². The highest BCUT2D eigenvalue weighted by atomic mass is 35.5. The number of carbonyl (C=O) groups is 2. The second-order valence-corrected chi connectivity index (χ2v) is 7.95. The first-order chi connectivity index (χ1) is 13.0. The molecule has 2 amide bonds. The molecule has 1 aliphatic rings. The Morgan fingerprint density at radius 1 is 1.22 bits per heavy atom. The van der Waals surface area contributed by atoms with Gasteiger partial charge < -0.3 is 15.0 Å². The molecular weight excluding hydrogens is 384 g/mol. The first-order valence-electron chi connectivity index (χ1n) is 8.72. The quantitative estimate of drug-likeness (QED) is 0.706. The molecule has 2 aromatic carbocycles. The van der Waals surface area contributed by atoms with Gasteiger partial charge in [0, 0.05) is 29.9 Å². The number of ether oxygens (including phenoxy) is 1. The molecule has 7 heteroatoms. The fourth-order valence-electron chi connectivity index (χ4n) is 2.69. The smallest absolute Gasteiger partial charge is 0.238 e. The summed E-state index contributed by atoms with van der Waals surface area (Å²) in [5.74, 6) is 0.586. The Balaban J connectivity index is 1.42. The van der Waals surface area contributed by atoms with Crippen LogP contribution in [0.4, 0.5) is 5.69 Å². The highest BCUT2D eigenvalue weighted by Gasteiger charge is 2.29. The Morgan fingerprint density at radius 2 is 1.96 bits per heavy atom. The maximum atomic E-state index is 12.4. The number of halogens is 1. The van der Waals surface area contributed by atoms with E-state index < -0.39 is 5.25 Å². The number of hydrogen-bond donors (Lipinski definition) is 1. The van der Waals surface area contributed by atoms with Crippen LogP contribution in [0.25, 0.3) is 0 Å². The van der Waals surface area contributed by atoms with Gasteiger partial charge >= 0.3 is 0 Å². The number of anilines is 1. The van der Waals surface area contributed by atoms with Gasteiger partial charge in [-0.2, -0.15) is 0 Å². The van der Waals surface area contributed by atoms with Gasteiger partial charge in [-0.05, 0) is 42.8 Å². The number of carbonyl (C=O) groups excluding carboxylic acids is 2. The standard InChI is InChI=1S/C20H21ClN2O3S/c1-23(11-4-12-26-15-9-7-14(21)8-10-15)19(24)13-18-20(25)22-16-5-2-3-6-17(16)27-18/h2-3,5-10,18H,4,11-13H2,1H3,(H,22,25). The minimum Gasteiger partial charge on any atom is -0.494 e. The Morgan fingerprint density at radius 3 is 2.74 bits per heavy atom. The Hall–Kier alpha value is -2.18. The third kappa shape index (κ3) is 5.40. The molecule has 0 radical (unpaired) electrons. The molecule has 0 aliphatic carbocycles. The summed E-state index contributed by atoms with van der Waals surface area (Å²) in [4.78, 5) is 27.3. The summed E-state index contributed by atoms with van der Waals surface area (Å²) in [5.41, 5.74) is 0.809. The molecule has 0 aromatic heterocycles. The molecule has 1 N–H and O–H groups in total. The Kier molecular flexibility index (Phi) is 6.63. The monoisotopic (exact) mass is 404 g/mol. The number of hydrogen-bond acceptors (Lipinski definition) is 4. The van der Waals surface area contributed by atoms with Crippen molar-refractivity contribution in [2.45, 2.75) is 23.0 Å². The van der Waals surface area contributed by atoms with Crippen LogP contribution in [0.2, 0.25) is 5.02 Å². The molecule has 0 saturated carbocycles. The van der Waals surface area contributed by atoms with Gasteiger partial charge in [-0.25, -0.2) is 0 Å². The van der Waals surface area contributed by atoms with Gasteiger partial charge in [0.2, 0.25) is 11.8 Å². The summed E-state index contributed by atoms with van der Waals surface area (Å²) in [5, 5.41) is 3.13.